The summed E-state index contributed by atoms with van der Waals surface area (Å²) in [6, 6.07) is 8.32. The van der Waals surface area contributed by atoms with Crippen molar-refractivity contribution in [3.63, 3.8) is 0 Å². The number of nitrogens with one attached hydrogen (secondary N) is 1. The molecule has 0 atom stereocenters. The molecule has 0 spiro atoms. The Morgan fingerprint density at radius 2 is 2.00 bits per heavy atom. The molecule has 0 radical (unpaired) electrons. The molecule has 0 saturated heterocycles. The van der Waals surface area contributed by atoms with Crippen LogP contribution in [0.4, 0.5) is 5.69 Å². The van der Waals surface area contributed by atoms with Crippen LogP contribution in [0.15, 0.2) is 29.4 Å². The van der Waals surface area contributed by atoms with Crippen LogP contribution in [0.5, 0.6) is 0 Å². The van der Waals surface area contributed by atoms with E-state index in [0.29, 0.717) is 0 Å². The Labute approximate surface area is 112 Å². The maximum absolute atomic E-state index is 4.13. The molecule has 5 heteroatoms. The highest BCUT2D eigenvalue weighted by atomic mass is 32.2. The average Bonchev–Trinajstić information content (AvgIpc) is 2.68. The van der Waals surface area contributed by atoms with Crippen molar-refractivity contribution in [1.82, 2.24) is 14.8 Å². The Kier molecular flexibility index (Phi) is 4.25. The van der Waals surface area contributed by atoms with Gasteiger partial charge in [0.05, 0.1) is 0 Å². The number of hydrogen-bond acceptors (Lipinski definition) is 4. The topological polar surface area (TPSA) is 42.7 Å². The van der Waals surface area contributed by atoms with Gasteiger partial charge < -0.3 is 9.88 Å². The van der Waals surface area contributed by atoms with E-state index in [2.05, 4.69) is 46.7 Å². The van der Waals surface area contributed by atoms with Crippen LogP contribution in [-0.2, 0) is 7.05 Å². The first-order valence-electron chi connectivity index (χ1n) is 5.97. The Hall–Kier alpha value is -1.49. The maximum atomic E-state index is 4.13. The number of nitrogens with zero attached hydrogens (tertiary/aromatic N) is 3. The fraction of sp³-hybridized carbons (Fsp3) is 0.385. The molecule has 0 aliphatic rings. The molecule has 0 bridgehead atoms. The van der Waals surface area contributed by atoms with Gasteiger partial charge in [0.15, 0.2) is 5.16 Å². The number of thioether (sulfide) groups is 1. The first-order chi connectivity index (χ1) is 8.68. The lowest BCUT2D eigenvalue weighted by atomic mass is 10.2. The number of hydrogen-bond donors (Lipinski definition) is 1. The summed E-state index contributed by atoms with van der Waals surface area (Å²) >= 11 is 1.72. The zero-order valence-electron chi connectivity index (χ0n) is 11.0. The molecule has 0 fully saturated rings. The lowest BCUT2D eigenvalue weighted by Crippen LogP contribution is -2.06. The molecule has 0 amide bonds. The third kappa shape index (κ3) is 3.04. The Balaban J connectivity index is 1.80. The summed E-state index contributed by atoms with van der Waals surface area (Å²) in [5, 5.41) is 12.6. The van der Waals surface area contributed by atoms with Crippen molar-refractivity contribution in [3.8, 4) is 0 Å². The van der Waals surface area contributed by atoms with Gasteiger partial charge >= 0.3 is 0 Å². The summed E-state index contributed by atoms with van der Waals surface area (Å²) in [6.45, 7) is 4.99. The minimum absolute atomic E-state index is 0.918. The van der Waals surface area contributed by atoms with E-state index in [-0.39, 0.29) is 0 Å². The molecular weight excluding hydrogens is 244 g/mol. The van der Waals surface area contributed by atoms with Gasteiger partial charge in [-0.3, -0.25) is 0 Å². The fourth-order valence-corrected chi connectivity index (χ4v) is 2.42. The Bertz CT molecular complexity index is 521. The van der Waals surface area contributed by atoms with Crippen LogP contribution in [0.25, 0.3) is 0 Å². The predicted octanol–water partition coefficient (Wildman–Crippen LogP) is 2.64. The molecule has 0 saturated carbocycles. The summed E-state index contributed by atoms with van der Waals surface area (Å²) in [5.74, 6) is 1.92. The number of aryl methyl sites for hydroxylation is 2. The van der Waals surface area contributed by atoms with E-state index in [1.165, 1.54) is 11.3 Å². The Morgan fingerprint density at radius 3 is 2.67 bits per heavy atom. The molecule has 1 heterocycles. The number of para-hydroxylation sites is 1. The predicted molar refractivity (Wildman–Crippen MR) is 76.1 cm³/mol. The van der Waals surface area contributed by atoms with Gasteiger partial charge in [-0.05, 0) is 25.5 Å². The van der Waals surface area contributed by atoms with E-state index in [1.807, 2.05) is 18.5 Å². The van der Waals surface area contributed by atoms with Crippen LogP contribution in [0, 0.1) is 13.8 Å². The van der Waals surface area contributed by atoms with Crippen molar-refractivity contribution in [2.75, 3.05) is 17.6 Å². The molecule has 2 rings (SSSR count). The summed E-state index contributed by atoms with van der Waals surface area (Å²) in [6.07, 6.45) is 0. The van der Waals surface area contributed by atoms with Gasteiger partial charge in [0.2, 0.25) is 0 Å². The largest absolute Gasteiger partial charge is 0.384 e. The Morgan fingerprint density at radius 1 is 1.22 bits per heavy atom. The van der Waals surface area contributed by atoms with Crippen LogP contribution < -0.4 is 5.32 Å². The first-order valence-corrected chi connectivity index (χ1v) is 6.95. The van der Waals surface area contributed by atoms with Crippen molar-refractivity contribution in [1.29, 1.82) is 0 Å². The second-order valence-corrected chi connectivity index (χ2v) is 5.24. The zero-order valence-corrected chi connectivity index (χ0v) is 11.8. The van der Waals surface area contributed by atoms with Gasteiger partial charge in [-0.15, -0.1) is 10.2 Å². The number of anilines is 1. The lowest BCUT2D eigenvalue weighted by molar-refractivity contribution is 0.765. The number of rotatable bonds is 5. The second kappa shape index (κ2) is 5.91. The van der Waals surface area contributed by atoms with Gasteiger partial charge in [0.25, 0.3) is 0 Å². The molecule has 96 valence electrons. The third-order valence-electron chi connectivity index (χ3n) is 2.85. The minimum atomic E-state index is 0.918. The summed E-state index contributed by atoms with van der Waals surface area (Å²) in [4.78, 5) is 0. The van der Waals surface area contributed by atoms with Gasteiger partial charge in [-0.2, -0.15) is 0 Å². The fourth-order valence-electron chi connectivity index (χ4n) is 1.61. The monoisotopic (exact) mass is 262 g/mol. The number of aromatic nitrogens is 3. The average molecular weight is 262 g/mol. The first kappa shape index (κ1) is 13.0. The molecule has 2 aromatic rings. The van der Waals surface area contributed by atoms with E-state index in [4.69, 9.17) is 0 Å². The zero-order chi connectivity index (χ0) is 13.0. The molecule has 0 aliphatic carbocycles. The second-order valence-electron chi connectivity index (χ2n) is 4.18. The van der Waals surface area contributed by atoms with Crippen molar-refractivity contribution in [2.45, 2.75) is 19.0 Å². The van der Waals surface area contributed by atoms with Crippen molar-refractivity contribution in [3.05, 3.63) is 35.7 Å². The van der Waals surface area contributed by atoms with Gasteiger partial charge in [0, 0.05) is 25.0 Å². The summed E-state index contributed by atoms with van der Waals surface area (Å²) < 4.78 is 2.01. The van der Waals surface area contributed by atoms with Gasteiger partial charge in [0.1, 0.15) is 5.82 Å². The molecule has 18 heavy (non-hydrogen) atoms. The van der Waals surface area contributed by atoms with E-state index >= 15 is 0 Å². The highest BCUT2D eigenvalue weighted by Gasteiger charge is 2.04. The number of benzene rings is 1. The van der Waals surface area contributed by atoms with E-state index in [0.717, 1.165) is 23.3 Å². The quantitative estimate of drug-likeness (QED) is 0.664. The molecule has 1 aromatic heterocycles. The minimum Gasteiger partial charge on any atom is -0.384 e. The van der Waals surface area contributed by atoms with E-state index in [9.17, 15) is 0 Å². The summed E-state index contributed by atoms with van der Waals surface area (Å²) in [5.41, 5.74) is 2.48. The van der Waals surface area contributed by atoms with E-state index < -0.39 is 0 Å². The molecule has 4 nitrogen and oxygen atoms in total. The van der Waals surface area contributed by atoms with Crippen LogP contribution in [0.2, 0.25) is 0 Å². The molecular formula is C13H18N4S. The van der Waals surface area contributed by atoms with Crippen molar-refractivity contribution < 1.29 is 0 Å². The van der Waals surface area contributed by atoms with Crippen LogP contribution in [0.3, 0.4) is 0 Å². The third-order valence-corrected chi connectivity index (χ3v) is 3.87. The highest BCUT2D eigenvalue weighted by molar-refractivity contribution is 7.99. The molecule has 0 aliphatic heterocycles. The summed E-state index contributed by atoms with van der Waals surface area (Å²) in [7, 11) is 1.99. The smallest absolute Gasteiger partial charge is 0.191 e. The molecule has 1 aromatic carbocycles. The van der Waals surface area contributed by atoms with Crippen LogP contribution in [-0.4, -0.2) is 27.1 Å². The van der Waals surface area contributed by atoms with Crippen molar-refractivity contribution in [2.24, 2.45) is 7.05 Å². The van der Waals surface area contributed by atoms with Gasteiger partial charge in [-0.25, -0.2) is 0 Å². The van der Waals surface area contributed by atoms with Crippen molar-refractivity contribution >= 4 is 17.4 Å². The van der Waals surface area contributed by atoms with Crippen LogP contribution in [0.1, 0.15) is 11.4 Å². The normalized spacial score (nSPS) is 10.6. The highest BCUT2D eigenvalue weighted by Crippen LogP contribution is 2.16. The van der Waals surface area contributed by atoms with Gasteiger partial charge in [-0.1, -0.05) is 30.0 Å². The lowest BCUT2D eigenvalue weighted by Gasteiger charge is -2.08. The molecule has 0 unspecified atom stereocenters. The maximum Gasteiger partial charge on any atom is 0.191 e. The standard InChI is InChI=1S/C13H18N4S/c1-10-6-4-5-7-12(10)14-8-9-18-13-16-15-11(2)17(13)3/h4-7,14H,8-9H2,1-3H3. The SMILES string of the molecule is Cc1ccccc1NCCSc1nnc(C)n1C. The van der Waals surface area contributed by atoms with E-state index in [1.54, 1.807) is 11.8 Å². The molecule has 1 N–H and O–H groups in total. The van der Waals surface area contributed by atoms with Crippen LogP contribution >= 0.6 is 11.8 Å².